The highest BCUT2D eigenvalue weighted by Gasteiger charge is 2.27. The molecule has 0 aliphatic carbocycles. The Hall–Kier alpha value is -0.970. The third-order valence-electron chi connectivity index (χ3n) is 2.31. The highest BCUT2D eigenvalue weighted by Crippen LogP contribution is 2.23. The summed E-state index contributed by atoms with van der Waals surface area (Å²) in [6, 6.07) is 4.81. The van der Waals surface area contributed by atoms with E-state index in [1.165, 1.54) is 0 Å². The number of halogens is 2. The minimum atomic E-state index is -0.181. The van der Waals surface area contributed by atoms with Gasteiger partial charge >= 0.3 is 6.03 Å². The minimum absolute atomic E-state index is 0.0914. The molecule has 1 aromatic rings. The molecular weight excluding hydrogens is 249 g/mol. The van der Waals surface area contributed by atoms with E-state index in [9.17, 15) is 4.79 Å². The lowest BCUT2D eigenvalue weighted by atomic mass is 10.1. The van der Waals surface area contributed by atoms with Gasteiger partial charge < -0.3 is 16.0 Å². The number of urea groups is 1. The molecule has 1 fully saturated rings. The maximum Gasteiger partial charge on any atom is 0.321 e. The fourth-order valence-electron chi connectivity index (χ4n) is 1.51. The molecule has 1 aliphatic rings. The third kappa shape index (κ3) is 2.58. The molecule has 0 saturated carbocycles. The van der Waals surface area contributed by atoms with Crippen LogP contribution >= 0.6 is 23.2 Å². The molecule has 0 spiro atoms. The van der Waals surface area contributed by atoms with Crippen molar-refractivity contribution in [3.8, 4) is 0 Å². The van der Waals surface area contributed by atoms with Crippen molar-refractivity contribution in [1.29, 1.82) is 0 Å². The van der Waals surface area contributed by atoms with Crippen molar-refractivity contribution in [2.75, 3.05) is 18.4 Å². The second kappa shape index (κ2) is 4.49. The Morgan fingerprint density at radius 3 is 2.38 bits per heavy atom. The first-order valence-corrected chi connectivity index (χ1v) is 5.58. The molecule has 86 valence electrons. The van der Waals surface area contributed by atoms with Crippen LogP contribution in [0.3, 0.4) is 0 Å². The van der Waals surface area contributed by atoms with Crippen molar-refractivity contribution in [3.05, 3.63) is 28.2 Å². The lowest BCUT2D eigenvalue weighted by Crippen LogP contribution is -2.58. The lowest BCUT2D eigenvalue weighted by molar-refractivity contribution is 0.165. The van der Waals surface area contributed by atoms with Crippen LogP contribution in [0.5, 0.6) is 0 Å². The summed E-state index contributed by atoms with van der Waals surface area (Å²) in [5, 5.41) is 3.69. The maximum atomic E-state index is 11.6. The lowest BCUT2D eigenvalue weighted by Gasteiger charge is -2.36. The zero-order valence-corrected chi connectivity index (χ0v) is 9.92. The van der Waals surface area contributed by atoms with Crippen molar-refractivity contribution in [2.45, 2.75) is 6.04 Å². The van der Waals surface area contributed by atoms with Gasteiger partial charge in [-0.15, -0.1) is 0 Å². The molecule has 0 aromatic heterocycles. The molecule has 2 amide bonds. The standard InChI is InChI=1S/C10H11Cl2N3O/c11-6-1-7(12)3-9(2-6)14-10(16)15-4-8(13)5-15/h1-3,8H,4-5,13H2,(H,14,16). The van der Waals surface area contributed by atoms with Crippen LogP contribution in [-0.4, -0.2) is 30.1 Å². The van der Waals surface area contributed by atoms with E-state index < -0.39 is 0 Å². The Morgan fingerprint density at radius 1 is 1.31 bits per heavy atom. The smallest absolute Gasteiger partial charge is 0.321 e. The van der Waals surface area contributed by atoms with Crippen LogP contribution in [0.4, 0.5) is 10.5 Å². The van der Waals surface area contributed by atoms with Crippen LogP contribution in [0.25, 0.3) is 0 Å². The molecule has 3 N–H and O–H groups in total. The predicted molar refractivity (Wildman–Crippen MR) is 65.0 cm³/mol. The minimum Gasteiger partial charge on any atom is -0.325 e. The Labute approximate surface area is 103 Å². The van der Waals surface area contributed by atoms with E-state index in [4.69, 9.17) is 28.9 Å². The van der Waals surface area contributed by atoms with Crippen molar-refractivity contribution >= 4 is 34.9 Å². The number of nitrogens with zero attached hydrogens (tertiary/aromatic N) is 1. The summed E-state index contributed by atoms with van der Waals surface area (Å²) in [4.78, 5) is 13.3. The SMILES string of the molecule is NC1CN(C(=O)Nc2cc(Cl)cc(Cl)c2)C1. The molecule has 4 nitrogen and oxygen atoms in total. The maximum absolute atomic E-state index is 11.6. The molecule has 0 bridgehead atoms. The second-order valence-corrected chi connectivity index (χ2v) is 4.63. The number of anilines is 1. The van der Waals surface area contributed by atoms with Gasteiger partial charge in [-0.3, -0.25) is 0 Å². The first kappa shape index (κ1) is 11.5. The summed E-state index contributed by atoms with van der Waals surface area (Å²) in [6.07, 6.45) is 0. The normalized spacial score (nSPS) is 15.8. The topological polar surface area (TPSA) is 58.4 Å². The summed E-state index contributed by atoms with van der Waals surface area (Å²) in [5.74, 6) is 0. The molecule has 1 aromatic carbocycles. The summed E-state index contributed by atoms with van der Waals surface area (Å²) >= 11 is 11.6. The Bertz CT molecular complexity index is 398. The van der Waals surface area contributed by atoms with Crippen molar-refractivity contribution in [1.82, 2.24) is 4.90 Å². The van der Waals surface area contributed by atoms with Crippen LogP contribution in [0.2, 0.25) is 10.0 Å². The van der Waals surface area contributed by atoms with E-state index in [1.54, 1.807) is 23.1 Å². The molecule has 6 heteroatoms. The molecule has 0 atom stereocenters. The molecule has 1 aliphatic heterocycles. The Kier molecular flexibility index (Phi) is 3.23. The van der Waals surface area contributed by atoms with Crippen LogP contribution < -0.4 is 11.1 Å². The first-order chi connectivity index (χ1) is 7.54. The number of carbonyl (C=O) groups excluding carboxylic acids is 1. The van der Waals surface area contributed by atoms with Gasteiger partial charge in [0.1, 0.15) is 0 Å². The monoisotopic (exact) mass is 259 g/mol. The van der Waals surface area contributed by atoms with Gasteiger partial charge in [-0.25, -0.2) is 4.79 Å². The van der Waals surface area contributed by atoms with Gasteiger partial charge in [0, 0.05) is 34.9 Å². The average Bonchev–Trinajstić information content (AvgIpc) is 2.10. The number of benzene rings is 1. The van der Waals surface area contributed by atoms with E-state index in [-0.39, 0.29) is 12.1 Å². The van der Waals surface area contributed by atoms with Gasteiger partial charge in [-0.05, 0) is 18.2 Å². The first-order valence-electron chi connectivity index (χ1n) is 4.82. The average molecular weight is 260 g/mol. The van der Waals surface area contributed by atoms with Crippen molar-refractivity contribution in [3.63, 3.8) is 0 Å². The van der Waals surface area contributed by atoms with E-state index in [1.807, 2.05) is 0 Å². The van der Waals surface area contributed by atoms with Gasteiger partial charge in [0.25, 0.3) is 0 Å². The van der Waals surface area contributed by atoms with Crippen LogP contribution in [0, 0.1) is 0 Å². The van der Waals surface area contributed by atoms with Gasteiger partial charge in [0.15, 0.2) is 0 Å². The van der Waals surface area contributed by atoms with E-state index in [2.05, 4.69) is 5.32 Å². The number of nitrogens with two attached hydrogens (primary N) is 1. The van der Waals surface area contributed by atoms with Crippen molar-refractivity contribution < 1.29 is 4.79 Å². The summed E-state index contributed by atoms with van der Waals surface area (Å²) in [7, 11) is 0. The van der Waals surface area contributed by atoms with E-state index in [0.717, 1.165) is 0 Å². The Balaban J connectivity index is 2.00. The number of carbonyl (C=O) groups is 1. The number of hydrogen-bond acceptors (Lipinski definition) is 2. The number of rotatable bonds is 1. The number of amides is 2. The summed E-state index contributed by atoms with van der Waals surface area (Å²) in [5.41, 5.74) is 6.17. The third-order valence-corrected chi connectivity index (χ3v) is 2.75. The number of nitrogens with one attached hydrogen (secondary N) is 1. The zero-order chi connectivity index (χ0) is 11.7. The highest BCUT2D eigenvalue weighted by molar-refractivity contribution is 6.35. The van der Waals surface area contributed by atoms with E-state index in [0.29, 0.717) is 28.8 Å². The largest absolute Gasteiger partial charge is 0.325 e. The van der Waals surface area contributed by atoms with E-state index >= 15 is 0 Å². The highest BCUT2D eigenvalue weighted by atomic mass is 35.5. The summed E-state index contributed by atoms with van der Waals surface area (Å²) in [6.45, 7) is 1.17. The molecule has 0 radical (unpaired) electrons. The zero-order valence-electron chi connectivity index (χ0n) is 8.41. The van der Waals surface area contributed by atoms with Crippen LogP contribution in [-0.2, 0) is 0 Å². The van der Waals surface area contributed by atoms with Crippen LogP contribution in [0.15, 0.2) is 18.2 Å². The second-order valence-electron chi connectivity index (χ2n) is 3.75. The fourth-order valence-corrected chi connectivity index (χ4v) is 2.03. The van der Waals surface area contributed by atoms with Gasteiger partial charge in [-0.1, -0.05) is 23.2 Å². The molecule has 1 heterocycles. The quantitative estimate of drug-likeness (QED) is 0.812. The van der Waals surface area contributed by atoms with Gasteiger partial charge in [-0.2, -0.15) is 0 Å². The summed E-state index contributed by atoms with van der Waals surface area (Å²) < 4.78 is 0. The number of likely N-dealkylation sites (tertiary alicyclic amines) is 1. The van der Waals surface area contributed by atoms with Crippen molar-refractivity contribution in [2.24, 2.45) is 5.73 Å². The van der Waals surface area contributed by atoms with Gasteiger partial charge in [0.2, 0.25) is 0 Å². The number of hydrogen-bond donors (Lipinski definition) is 2. The van der Waals surface area contributed by atoms with Gasteiger partial charge in [0.05, 0.1) is 0 Å². The molecule has 16 heavy (non-hydrogen) atoms. The van der Waals surface area contributed by atoms with Crippen LogP contribution in [0.1, 0.15) is 0 Å². The Morgan fingerprint density at radius 2 is 1.88 bits per heavy atom. The fraction of sp³-hybridized carbons (Fsp3) is 0.300. The molecular formula is C10H11Cl2N3O. The predicted octanol–water partition coefficient (Wildman–Crippen LogP) is 2.17. The molecule has 0 unspecified atom stereocenters. The molecule has 2 rings (SSSR count). The molecule has 1 saturated heterocycles.